The highest BCUT2D eigenvalue weighted by Gasteiger charge is 2.12. The van der Waals surface area contributed by atoms with Crippen LogP contribution in [-0.4, -0.2) is 17.8 Å². The van der Waals surface area contributed by atoms with E-state index in [-0.39, 0.29) is 5.75 Å². The van der Waals surface area contributed by atoms with Gasteiger partial charge in [0, 0.05) is 18.2 Å². The number of hydrogen-bond acceptors (Lipinski definition) is 3. The average Bonchev–Trinajstić information content (AvgIpc) is 2.38. The first-order chi connectivity index (χ1) is 8.60. The standard InChI is InChI=1S/C15H25NO2/c1-5-11(3)12(4)16-10-13-8-7-9-14(15(13)17)18-6-2/h7-9,11-12,16-17H,5-6,10H2,1-4H3. The van der Waals surface area contributed by atoms with Gasteiger partial charge in [-0.1, -0.05) is 32.4 Å². The summed E-state index contributed by atoms with van der Waals surface area (Å²) in [7, 11) is 0. The lowest BCUT2D eigenvalue weighted by molar-refractivity contribution is 0.315. The molecule has 2 N–H and O–H groups in total. The molecule has 0 saturated carbocycles. The van der Waals surface area contributed by atoms with Crippen LogP contribution in [0, 0.1) is 5.92 Å². The van der Waals surface area contributed by atoms with E-state index in [1.165, 1.54) is 0 Å². The van der Waals surface area contributed by atoms with E-state index in [1.54, 1.807) is 6.07 Å². The molecule has 2 atom stereocenters. The van der Waals surface area contributed by atoms with Gasteiger partial charge in [0.05, 0.1) is 6.61 Å². The number of phenols is 1. The third-order valence-corrected chi connectivity index (χ3v) is 3.49. The van der Waals surface area contributed by atoms with Gasteiger partial charge < -0.3 is 15.2 Å². The number of hydrogen-bond donors (Lipinski definition) is 2. The van der Waals surface area contributed by atoms with E-state index in [2.05, 4.69) is 26.1 Å². The fourth-order valence-corrected chi connectivity index (χ4v) is 1.81. The Morgan fingerprint density at radius 3 is 2.61 bits per heavy atom. The van der Waals surface area contributed by atoms with Crippen LogP contribution in [0.1, 0.15) is 39.7 Å². The van der Waals surface area contributed by atoms with Crippen LogP contribution in [0.25, 0.3) is 0 Å². The largest absolute Gasteiger partial charge is 0.504 e. The summed E-state index contributed by atoms with van der Waals surface area (Å²) >= 11 is 0. The summed E-state index contributed by atoms with van der Waals surface area (Å²) in [4.78, 5) is 0. The van der Waals surface area contributed by atoms with Gasteiger partial charge in [-0.3, -0.25) is 0 Å². The summed E-state index contributed by atoms with van der Waals surface area (Å²) in [6.07, 6.45) is 1.15. The molecule has 1 rings (SSSR count). The van der Waals surface area contributed by atoms with Gasteiger partial charge in [0.2, 0.25) is 0 Å². The Morgan fingerprint density at radius 1 is 1.28 bits per heavy atom. The van der Waals surface area contributed by atoms with Crippen LogP contribution in [0.5, 0.6) is 11.5 Å². The fourth-order valence-electron chi connectivity index (χ4n) is 1.81. The lowest BCUT2D eigenvalue weighted by Crippen LogP contribution is -2.31. The van der Waals surface area contributed by atoms with Crippen molar-refractivity contribution in [2.24, 2.45) is 5.92 Å². The molecule has 0 aliphatic heterocycles. The van der Waals surface area contributed by atoms with Crippen molar-refractivity contribution in [1.82, 2.24) is 5.32 Å². The van der Waals surface area contributed by atoms with Crippen molar-refractivity contribution in [2.45, 2.75) is 46.7 Å². The van der Waals surface area contributed by atoms with E-state index in [4.69, 9.17) is 4.74 Å². The highest BCUT2D eigenvalue weighted by molar-refractivity contribution is 5.45. The first-order valence-corrected chi connectivity index (χ1v) is 6.77. The first-order valence-electron chi connectivity index (χ1n) is 6.77. The molecule has 0 amide bonds. The number of ether oxygens (including phenoxy) is 1. The predicted molar refractivity (Wildman–Crippen MR) is 75.0 cm³/mol. The minimum Gasteiger partial charge on any atom is -0.504 e. The zero-order valence-corrected chi connectivity index (χ0v) is 11.9. The lowest BCUT2D eigenvalue weighted by atomic mass is 10.0. The van der Waals surface area contributed by atoms with Crippen molar-refractivity contribution in [2.75, 3.05) is 6.61 Å². The molecular formula is C15H25NO2. The molecule has 1 aromatic rings. The first kappa shape index (κ1) is 14.8. The third-order valence-electron chi connectivity index (χ3n) is 3.49. The summed E-state index contributed by atoms with van der Waals surface area (Å²) in [5.74, 6) is 1.44. The van der Waals surface area contributed by atoms with E-state index in [0.717, 1.165) is 12.0 Å². The zero-order chi connectivity index (χ0) is 13.5. The SMILES string of the molecule is CCOc1cccc(CNC(C)C(C)CC)c1O. The molecule has 0 aliphatic rings. The number of benzene rings is 1. The molecular weight excluding hydrogens is 226 g/mol. The smallest absolute Gasteiger partial charge is 0.162 e. The second-order valence-electron chi connectivity index (χ2n) is 4.75. The molecule has 0 bridgehead atoms. The number of phenolic OH excluding ortho intramolecular Hbond substituents is 1. The lowest BCUT2D eigenvalue weighted by Gasteiger charge is -2.20. The number of aromatic hydroxyl groups is 1. The van der Waals surface area contributed by atoms with Gasteiger partial charge in [-0.2, -0.15) is 0 Å². The highest BCUT2D eigenvalue weighted by Crippen LogP contribution is 2.29. The number of para-hydroxylation sites is 1. The topological polar surface area (TPSA) is 41.5 Å². The Hall–Kier alpha value is -1.22. The molecule has 0 heterocycles. The van der Waals surface area contributed by atoms with Crippen LogP contribution in [0.15, 0.2) is 18.2 Å². The molecule has 0 saturated heterocycles. The van der Waals surface area contributed by atoms with Crippen molar-refractivity contribution < 1.29 is 9.84 Å². The molecule has 3 nitrogen and oxygen atoms in total. The van der Waals surface area contributed by atoms with Crippen molar-refractivity contribution in [3.8, 4) is 11.5 Å². The molecule has 0 radical (unpaired) electrons. The monoisotopic (exact) mass is 251 g/mol. The fraction of sp³-hybridized carbons (Fsp3) is 0.600. The van der Waals surface area contributed by atoms with Gasteiger partial charge in [-0.15, -0.1) is 0 Å². The van der Waals surface area contributed by atoms with E-state index in [9.17, 15) is 5.11 Å². The van der Waals surface area contributed by atoms with Crippen LogP contribution < -0.4 is 10.1 Å². The molecule has 1 aromatic carbocycles. The van der Waals surface area contributed by atoms with Gasteiger partial charge in [-0.05, 0) is 25.8 Å². The Labute approximate surface area is 110 Å². The van der Waals surface area contributed by atoms with Crippen molar-refractivity contribution in [3.63, 3.8) is 0 Å². The minimum atomic E-state index is 0.253. The molecule has 0 aliphatic carbocycles. The van der Waals surface area contributed by atoms with Gasteiger partial charge in [0.1, 0.15) is 0 Å². The average molecular weight is 251 g/mol. The zero-order valence-electron chi connectivity index (χ0n) is 11.9. The Bertz CT molecular complexity index is 366. The van der Waals surface area contributed by atoms with Crippen LogP contribution in [0.2, 0.25) is 0 Å². The predicted octanol–water partition coefficient (Wildman–Crippen LogP) is 3.32. The van der Waals surface area contributed by atoms with E-state index in [1.807, 2.05) is 19.1 Å². The summed E-state index contributed by atoms with van der Waals surface area (Å²) in [6.45, 7) is 9.74. The molecule has 3 heteroatoms. The summed E-state index contributed by atoms with van der Waals surface area (Å²) < 4.78 is 5.37. The van der Waals surface area contributed by atoms with Crippen LogP contribution in [-0.2, 0) is 6.54 Å². The molecule has 18 heavy (non-hydrogen) atoms. The van der Waals surface area contributed by atoms with Crippen molar-refractivity contribution in [3.05, 3.63) is 23.8 Å². The van der Waals surface area contributed by atoms with Crippen LogP contribution in [0.3, 0.4) is 0 Å². The Balaban J connectivity index is 2.65. The van der Waals surface area contributed by atoms with Gasteiger partial charge in [0.15, 0.2) is 11.5 Å². The second kappa shape index (κ2) is 7.27. The molecule has 0 aromatic heterocycles. The van der Waals surface area contributed by atoms with Crippen LogP contribution >= 0.6 is 0 Å². The van der Waals surface area contributed by atoms with Gasteiger partial charge in [-0.25, -0.2) is 0 Å². The molecule has 2 unspecified atom stereocenters. The minimum absolute atomic E-state index is 0.253. The quantitative estimate of drug-likeness (QED) is 0.781. The maximum absolute atomic E-state index is 10.1. The Kier molecular flexibility index (Phi) is 5.99. The van der Waals surface area contributed by atoms with Crippen molar-refractivity contribution >= 4 is 0 Å². The highest BCUT2D eigenvalue weighted by atomic mass is 16.5. The van der Waals surface area contributed by atoms with E-state index < -0.39 is 0 Å². The van der Waals surface area contributed by atoms with Gasteiger partial charge >= 0.3 is 0 Å². The van der Waals surface area contributed by atoms with E-state index >= 15 is 0 Å². The normalized spacial score (nSPS) is 14.2. The summed E-state index contributed by atoms with van der Waals surface area (Å²) in [6, 6.07) is 6.06. The molecule has 0 fully saturated rings. The third kappa shape index (κ3) is 3.91. The summed E-state index contributed by atoms with van der Waals surface area (Å²) in [5, 5.41) is 13.5. The molecule has 0 spiro atoms. The second-order valence-corrected chi connectivity index (χ2v) is 4.75. The van der Waals surface area contributed by atoms with Crippen molar-refractivity contribution in [1.29, 1.82) is 0 Å². The Morgan fingerprint density at radius 2 is 2.00 bits per heavy atom. The summed E-state index contributed by atoms with van der Waals surface area (Å²) in [5.41, 5.74) is 0.885. The maximum atomic E-state index is 10.1. The number of rotatable bonds is 7. The number of nitrogens with one attached hydrogen (secondary N) is 1. The van der Waals surface area contributed by atoms with E-state index in [0.29, 0.717) is 30.9 Å². The van der Waals surface area contributed by atoms with Gasteiger partial charge in [0.25, 0.3) is 0 Å². The maximum Gasteiger partial charge on any atom is 0.162 e. The molecule has 102 valence electrons. The van der Waals surface area contributed by atoms with Crippen LogP contribution in [0.4, 0.5) is 0 Å².